The van der Waals surface area contributed by atoms with Crippen LogP contribution in [0, 0.1) is 5.92 Å². The maximum Gasteiger partial charge on any atom is 0.335 e. The molecule has 1 heterocycles. The van der Waals surface area contributed by atoms with Crippen LogP contribution in [0.5, 0.6) is 5.75 Å². The lowest BCUT2D eigenvalue weighted by atomic mass is 10.1. The van der Waals surface area contributed by atoms with Gasteiger partial charge < -0.3 is 14.4 Å². The minimum absolute atomic E-state index is 0.119. The number of ether oxygens (including phenoxy) is 1. The van der Waals surface area contributed by atoms with Crippen LogP contribution in [0.2, 0.25) is 0 Å². The molecule has 0 unspecified atom stereocenters. The predicted octanol–water partition coefficient (Wildman–Crippen LogP) is 2.55. The lowest BCUT2D eigenvalue weighted by Crippen LogP contribution is -2.00. The van der Waals surface area contributed by atoms with Crippen molar-refractivity contribution >= 4 is 5.97 Å². The van der Waals surface area contributed by atoms with E-state index in [0.29, 0.717) is 23.4 Å². The average molecular weight is 276 g/mol. The van der Waals surface area contributed by atoms with Gasteiger partial charge in [0, 0.05) is 6.42 Å². The van der Waals surface area contributed by atoms with Gasteiger partial charge in [-0.15, -0.1) is 0 Å². The molecule has 0 fully saturated rings. The van der Waals surface area contributed by atoms with E-state index in [-0.39, 0.29) is 12.2 Å². The van der Waals surface area contributed by atoms with Gasteiger partial charge in [-0.1, -0.05) is 25.1 Å². The van der Waals surface area contributed by atoms with Gasteiger partial charge in [0.05, 0.1) is 5.56 Å². The summed E-state index contributed by atoms with van der Waals surface area (Å²) < 4.78 is 10.5. The highest BCUT2D eigenvalue weighted by molar-refractivity contribution is 5.87. The highest BCUT2D eigenvalue weighted by Crippen LogP contribution is 2.15. The number of carbonyl (C=O) groups is 1. The molecule has 1 aromatic carbocycles. The molecule has 106 valence electrons. The number of hydrogen-bond donors (Lipinski definition) is 1. The molecule has 0 atom stereocenters. The van der Waals surface area contributed by atoms with Crippen LogP contribution >= 0.6 is 0 Å². The first-order valence-electron chi connectivity index (χ1n) is 6.32. The van der Waals surface area contributed by atoms with E-state index in [2.05, 4.69) is 24.0 Å². The molecule has 0 aliphatic carbocycles. The SMILES string of the molecule is CC(C)Cc1noc(COc2cccc(C(=O)O)c2)n1. The normalized spacial score (nSPS) is 10.8. The number of rotatable bonds is 6. The van der Waals surface area contributed by atoms with E-state index in [0.717, 1.165) is 6.42 Å². The first-order chi connectivity index (χ1) is 9.54. The average Bonchev–Trinajstić information content (AvgIpc) is 2.83. The van der Waals surface area contributed by atoms with Gasteiger partial charge in [-0.05, 0) is 24.1 Å². The summed E-state index contributed by atoms with van der Waals surface area (Å²) in [4.78, 5) is 15.0. The fraction of sp³-hybridized carbons (Fsp3) is 0.357. The van der Waals surface area contributed by atoms with Gasteiger partial charge in [-0.3, -0.25) is 0 Å². The van der Waals surface area contributed by atoms with Crippen LogP contribution in [0.15, 0.2) is 28.8 Å². The maximum absolute atomic E-state index is 10.8. The van der Waals surface area contributed by atoms with Gasteiger partial charge in [-0.2, -0.15) is 4.98 Å². The zero-order valence-corrected chi connectivity index (χ0v) is 11.4. The van der Waals surface area contributed by atoms with Crippen molar-refractivity contribution in [3.8, 4) is 5.75 Å². The Morgan fingerprint density at radius 1 is 1.45 bits per heavy atom. The second-order valence-electron chi connectivity index (χ2n) is 4.82. The molecule has 0 aliphatic rings. The van der Waals surface area contributed by atoms with Crippen LogP contribution in [0.1, 0.15) is 35.9 Å². The fourth-order valence-electron chi connectivity index (χ4n) is 1.66. The van der Waals surface area contributed by atoms with E-state index in [1.165, 1.54) is 12.1 Å². The summed E-state index contributed by atoms with van der Waals surface area (Å²) in [5, 5.41) is 12.7. The van der Waals surface area contributed by atoms with Crippen LogP contribution in [0.25, 0.3) is 0 Å². The van der Waals surface area contributed by atoms with E-state index in [1.54, 1.807) is 12.1 Å². The van der Waals surface area contributed by atoms with Crippen LogP contribution in [0.4, 0.5) is 0 Å². The number of carboxylic acid groups (broad SMARTS) is 1. The van der Waals surface area contributed by atoms with E-state index < -0.39 is 5.97 Å². The van der Waals surface area contributed by atoms with Gasteiger partial charge in [-0.25, -0.2) is 4.79 Å². The Hall–Kier alpha value is -2.37. The molecule has 0 spiro atoms. The Morgan fingerprint density at radius 3 is 2.95 bits per heavy atom. The Balaban J connectivity index is 1.96. The number of aromatic nitrogens is 2. The van der Waals surface area contributed by atoms with Crippen molar-refractivity contribution in [2.24, 2.45) is 5.92 Å². The lowest BCUT2D eigenvalue weighted by Gasteiger charge is -2.03. The molecule has 6 nitrogen and oxygen atoms in total. The molecule has 0 radical (unpaired) electrons. The summed E-state index contributed by atoms with van der Waals surface area (Å²) >= 11 is 0. The highest BCUT2D eigenvalue weighted by Gasteiger charge is 2.09. The van der Waals surface area contributed by atoms with Crippen molar-refractivity contribution in [3.05, 3.63) is 41.5 Å². The quantitative estimate of drug-likeness (QED) is 0.872. The van der Waals surface area contributed by atoms with Crippen molar-refractivity contribution in [2.75, 3.05) is 0 Å². The van der Waals surface area contributed by atoms with Crippen LogP contribution in [-0.4, -0.2) is 21.2 Å². The van der Waals surface area contributed by atoms with Gasteiger partial charge >= 0.3 is 5.97 Å². The Labute approximate surface area is 116 Å². The maximum atomic E-state index is 10.8. The van der Waals surface area contributed by atoms with Gasteiger partial charge in [0.1, 0.15) is 5.75 Å². The lowest BCUT2D eigenvalue weighted by molar-refractivity contribution is 0.0696. The van der Waals surface area contributed by atoms with E-state index in [4.69, 9.17) is 14.4 Å². The molecule has 2 aromatic rings. The molecular formula is C14H16N2O4. The molecular weight excluding hydrogens is 260 g/mol. The molecule has 20 heavy (non-hydrogen) atoms. The van der Waals surface area contributed by atoms with Gasteiger partial charge in [0.15, 0.2) is 12.4 Å². The van der Waals surface area contributed by atoms with Crippen LogP contribution in [-0.2, 0) is 13.0 Å². The Morgan fingerprint density at radius 2 is 2.25 bits per heavy atom. The summed E-state index contributed by atoms with van der Waals surface area (Å²) in [6.07, 6.45) is 0.748. The largest absolute Gasteiger partial charge is 0.484 e. The number of carboxylic acids is 1. The summed E-state index contributed by atoms with van der Waals surface area (Å²) in [5.74, 6) is 0.939. The molecule has 1 aromatic heterocycles. The van der Waals surface area contributed by atoms with E-state index in [1.807, 2.05) is 0 Å². The van der Waals surface area contributed by atoms with Gasteiger partial charge in [0.25, 0.3) is 5.89 Å². The Bertz CT molecular complexity index is 592. The zero-order chi connectivity index (χ0) is 14.5. The minimum atomic E-state index is -0.993. The molecule has 6 heteroatoms. The smallest absolute Gasteiger partial charge is 0.335 e. The summed E-state index contributed by atoms with van der Waals surface area (Å²) in [6, 6.07) is 6.25. The molecule has 2 rings (SSSR count). The third-order valence-electron chi connectivity index (χ3n) is 2.54. The number of benzene rings is 1. The second-order valence-corrected chi connectivity index (χ2v) is 4.82. The minimum Gasteiger partial charge on any atom is -0.484 e. The van der Waals surface area contributed by atoms with Crippen molar-refractivity contribution in [1.29, 1.82) is 0 Å². The van der Waals surface area contributed by atoms with E-state index >= 15 is 0 Å². The van der Waals surface area contributed by atoms with E-state index in [9.17, 15) is 4.79 Å². The third kappa shape index (κ3) is 3.81. The highest BCUT2D eigenvalue weighted by atomic mass is 16.5. The second kappa shape index (κ2) is 6.18. The predicted molar refractivity (Wildman–Crippen MR) is 70.6 cm³/mol. The number of hydrogen-bond acceptors (Lipinski definition) is 5. The van der Waals surface area contributed by atoms with Crippen molar-refractivity contribution in [2.45, 2.75) is 26.9 Å². The summed E-state index contributed by atoms with van der Waals surface area (Å²) in [5.41, 5.74) is 0.175. The van der Waals surface area contributed by atoms with Gasteiger partial charge in [0.2, 0.25) is 0 Å². The number of nitrogens with zero attached hydrogens (tertiary/aromatic N) is 2. The Kier molecular flexibility index (Phi) is 4.34. The van der Waals surface area contributed by atoms with Crippen LogP contribution < -0.4 is 4.74 Å². The first kappa shape index (κ1) is 14.0. The molecule has 0 saturated heterocycles. The van der Waals surface area contributed by atoms with Crippen molar-refractivity contribution in [1.82, 2.24) is 10.1 Å². The summed E-state index contributed by atoms with van der Waals surface area (Å²) in [6.45, 7) is 4.27. The first-order valence-corrected chi connectivity index (χ1v) is 6.32. The molecule has 0 saturated carbocycles. The van der Waals surface area contributed by atoms with Crippen molar-refractivity contribution < 1.29 is 19.2 Å². The zero-order valence-electron chi connectivity index (χ0n) is 11.4. The molecule has 1 N–H and O–H groups in total. The molecule has 0 amide bonds. The third-order valence-corrected chi connectivity index (χ3v) is 2.54. The topological polar surface area (TPSA) is 85.5 Å². The monoisotopic (exact) mass is 276 g/mol. The number of aromatic carboxylic acids is 1. The standard InChI is InChI=1S/C14H16N2O4/c1-9(2)6-12-15-13(20-16-12)8-19-11-5-3-4-10(7-11)14(17)18/h3-5,7,9H,6,8H2,1-2H3,(H,17,18). The molecule has 0 aliphatic heterocycles. The fourth-order valence-corrected chi connectivity index (χ4v) is 1.66. The molecule has 0 bridgehead atoms. The van der Waals surface area contributed by atoms with Crippen LogP contribution in [0.3, 0.4) is 0 Å². The van der Waals surface area contributed by atoms with Crippen molar-refractivity contribution in [3.63, 3.8) is 0 Å². The summed E-state index contributed by atoms with van der Waals surface area (Å²) in [7, 11) is 0.